The fraction of sp³-hybridized carbons (Fsp3) is 0.625. The molecule has 1 aliphatic rings. The molecule has 0 saturated heterocycles. The molecule has 1 amide bonds. The first-order chi connectivity index (χ1) is 10.5. The van der Waals surface area contributed by atoms with E-state index in [2.05, 4.69) is 10.3 Å². The Balaban J connectivity index is 2.01. The van der Waals surface area contributed by atoms with Gasteiger partial charge in [0.05, 0.1) is 12.2 Å². The second kappa shape index (κ2) is 7.33. The molecule has 0 unspecified atom stereocenters. The van der Waals surface area contributed by atoms with Crippen LogP contribution >= 0.6 is 0 Å². The lowest BCUT2D eigenvalue weighted by Crippen LogP contribution is -2.24. The van der Waals surface area contributed by atoms with Crippen molar-refractivity contribution in [2.75, 3.05) is 11.9 Å². The smallest absolute Gasteiger partial charge is 0.413 e. The lowest BCUT2D eigenvalue weighted by molar-refractivity contribution is 0.0524. The summed E-state index contributed by atoms with van der Waals surface area (Å²) in [5.41, 5.74) is 1.80. The minimum Gasteiger partial charge on any atom is -0.462 e. The summed E-state index contributed by atoms with van der Waals surface area (Å²) in [4.78, 5) is 26.9. The highest BCUT2D eigenvalue weighted by Gasteiger charge is 2.22. The van der Waals surface area contributed by atoms with Crippen LogP contribution in [0.5, 0.6) is 0 Å². The van der Waals surface area contributed by atoms with Crippen LogP contribution in [-0.4, -0.2) is 29.8 Å². The van der Waals surface area contributed by atoms with Gasteiger partial charge in [-0.2, -0.15) is 0 Å². The van der Waals surface area contributed by atoms with Gasteiger partial charge in [-0.05, 0) is 46.5 Å². The van der Waals surface area contributed by atoms with Crippen LogP contribution < -0.4 is 5.32 Å². The summed E-state index contributed by atoms with van der Waals surface area (Å²) in [6.45, 7) is 5.62. The van der Waals surface area contributed by atoms with Gasteiger partial charge in [0.25, 0.3) is 0 Å². The van der Waals surface area contributed by atoms with E-state index in [1.807, 2.05) is 0 Å². The van der Waals surface area contributed by atoms with E-state index < -0.39 is 6.09 Å². The van der Waals surface area contributed by atoms with Gasteiger partial charge >= 0.3 is 12.1 Å². The first kappa shape index (κ1) is 16.4. The lowest BCUT2D eigenvalue weighted by atomic mass is 9.98. The Kier molecular flexibility index (Phi) is 5.46. The minimum atomic E-state index is -0.480. The molecule has 1 aliphatic carbocycles. The van der Waals surface area contributed by atoms with Crippen LogP contribution in [0.4, 0.5) is 10.6 Å². The largest absolute Gasteiger partial charge is 0.462 e. The molecule has 0 spiro atoms. The number of amides is 1. The highest BCUT2D eigenvalue weighted by molar-refractivity contribution is 5.96. The molecule has 0 atom stereocenters. The Labute approximate surface area is 130 Å². The van der Waals surface area contributed by atoms with Crippen LogP contribution in [0.3, 0.4) is 0 Å². The SMILES string of the molecule is CCOC(=O)c1c(C)[nH]c(NC(=O)OC2CCCCC2)c1C. The zero-order valence-corrected chi connectivity index (χ0v) is 13.5. The van der Waals surface area contributed by atoms with Gasteiger partial charge in [0, 0.05) is 11.3 Å². The maximum absolute atomic E-state index is 12.0. The molecule has 1 fully saturated rings. The van der Waals surface area contributed by atoms with Crippen LogP contribution in [0, 0.1) is 13.8 Å². The highest BCUT2D eigenvalue weighted by Crippen LogP contribution is 2.24. The van der Waals surface area contributed by atoms with E-state index in [-0.39, 0.29) is 12.1 Å². The van der Waals surface area contributed by atoms with E-state index in [1.165, 1.54) is 6.42 Å². The molecule has 1 heterocycles. The number of H-pyrrole nitrogens is 1. The number of ether oxygens (including phenoxy) is 2. The molecule has 122 valence electrons. The van der Waals surface area contributed by atoms with Crippen molar-refractivity contribution in [3.63, 3.8) is 0 Å². The predicted octanol–water partition coefficient (Wildman–Crippen LogP) is 3.69. The number of carbonyl (C=O) groups is 2. The van der Waals surface area contributed by atoms with Crippen molar-refractivity contribution in [3.05, 3.63) is 16.8 Å². The molecule has 1 aromatic rings. The van der Waals surface area contributed by atoms with Gasteiger partial charge in [0.15, 0.2) is 0 Å². The van der Waals surface area contributed by atoms with Gasteiger partial charge in [0.1, 0.15) is 11.9 Å². The maximum atomic E-state index is 12.0. The molecule has 0 radical (unpaired) electrons. The van der Waals surface area contributed by atoms with Gasteiger partial charge in [-0.3, -0.25) is 5.32 Å². The van der Waals surface area contributed by atoms with Gasteiger partial charge < -0.3 is 14.5 Å². The zero-order chi connectivity index (χ0) is 16.1. The van der Waals surface area contributed by atoms with Crippen molar-refractivity contribution < 1.29 is 19.1 Å². The Morgan fingerprint density at radius 1 is 1.23 bits per heavy atom. The Bertz CT molecular complexity index is 545. The summed E-state index contributed by atoms with van der Waals surface area (Å²) in [6.07, 6.45) is 4.77. The molecule has 22 heavy (non-hydrogen) atoms. The van der Waals surface area contributed by atoms with Crippen molar-refractivity contribution in [3.8, 4) is 0 Å². The first-order valence-corrected chi connectivity index (χ1v) is 7.86. The van der Waals surface area contributed by atoms with Gasteiger partial charge in [0.2, 0.25) is 0 Å². The first-order valence-electron chi connectivity index (χ1n) is 7.86. The normalized spacial score (nSPS) is 15.4. The number of hydrogen-bond acceptors (Lipinski definition) is 4. The molecule has 0 aliphatic heterocycles. The third-order valence-corrected chi connectivity index (χ3v) is 3.97. The Hall–Kier alpha value is -1.98. The lowest BCUT2D eigenvalue weighted by Gasteiger charge is -2.21. The van der Waals surface area contributed by atoms with Crippen LogP contribution in [-0.2, 0) is 9.47 Å². The quantitative estimate of drug-likeness (QED) is 0.831. The fourth-order valence-electron chi connectivity index (χ4n) is 2.85. The molecule has 0 bridgehead atoms. The average Bonchev–Trinajstić information content (AvgIpc) is 2.74. The van der Waals surface area contributed by atoms with Crippen LogP contribution in [0.2, 0.25) is 0 Å². The monoisotopic (exact) mass is 308 g/mol. The summed E-state index contributed by atoms with van der Waals surface area (Å²) in [7, 11) is 0. The van der Waals surface area contributed by atoms with Crippen LogP contribution in [0.15, 0.2) is 0 Å². The van der Waals surface area contributed by atoms with Gasteiger partial charge in [-0.1, -0.05) is 6.42 Å². The number of hydrogen-bond donors (Lipinski definition) is 2. The number of aromatic nitrogens is 1. The van der Waals surface area contributed by atoms with Crippen molar-refractivity contribution in [2.45, 2.75) is 59.0 Å². The molecule has 2 rings (SSSR count). The average molecular weight is 308 g/mol. The highest BCUT2D eigenvalue weighted by atomic mass is 16.6. The second-order valence-electron chi connectivity index (χ2n) is 5.64. The predicted molar refractivity (Wildman–Crippen MR) is 83.2 cm³/mol. The topological polar surface area (TPSA) is 80.4 Å². The van der Waals surface area contributed by atoms with E-state index in [0.717, 1.165) is 25.7 Å². The number of esters is 1. The number of aryl methyl sites for hydroxylation is 1. The molecule has 6 heteroatoms. The van der Waals surface area contributed by atoms with Gasteiger partial charge in [-0.15, -0.1) is 0 Å². The molecular formula is C16H24N2O4. The Morgan fingerprint density at radius 3 is 2.55 bits per heavy atom. The van der Waals surface area contributed by atoms with Crippen LogP contribution in [0.25, 0.3) is 0 Å². The summed E-state index contributed by atoms with van der Waals surface area (Å²) in [6, 6.07) is 0. The summed E-state index contributed by atoms with van der Waals surface area (Å²) in [5.74, 6) is 0.101. The van der Waals surface area contributed by atoms with Crippen molar-refractivity contribution in [1.82, 2.24) is 4.98 Å². The maximum Gasteiger partial charge on any atom is 0.413 e. The summed E-state index contributed by atoms with van der Waals surface area (Å²) >= 11 is 0. The van der Waals surface area contributed by atoms with E-state index in [9.17, 15) is 9.59 Å². The molecular weight excluding hydrogens is 284 g/mol. The van der Waals surface area contributed by atoms with Crippen molar-refractivity contribution in [1.29, 1.82) is 0 Å². The molecule has 1 saturated carbocycles. The van der Waals surface area contributed by atoms with Crippen molar-refractivity contribution in [2.24, 2.45) is 0 Å². The summed E-state index contributed by atoms with van der Waals surface area (Å²) in [5, 5.41) is 2.69. The van der Waals surface area contributed by atoms with Crippen LogP contribution in [0.1, 0.15) is 60.6 Å². The number of nitrogens with one attached hydrogen (secondary N) is 2. The number of carbonyl (C=O) groups excluding carboxylic acids is 2. The van der Waals surface area contributed by atoms with Gasteiger partial charge in [-0.25, -0.2) is 9.59 Å². The molecule has 6 nitrogen and oxygen atoms in total. The standard InChI is InChI=1S/C16H24N2O4/c1-4-21-15(19)13-10(2)14(17-11(13)3)18-16(20)22-12-8-6-5-7-9-12/h12,17H,4-9H2,1-3H3,(H,18,20). The molecule has 0 aromatic carbocycles. The third kappa shape index (κ3) is 3.81. The third-order valence-electron chi connectivity index (χ3n) is 3.97. The zero-order valence-electron chi connectivity index (χ0n) is 13.5. The van der Waals surface area contributed by atoms with E-state index in [1.54, 1.807) is 20.8 Å². The minimum absolute atomic E-state index is 0.00496. The van der Waals surface area contributed by atoms with Crippen molar-refractivity contribution >= 4 is 17.9 Å². The van der Waals surface area contributed by atoms with E-state index in [0.29, 0.717) is 29.2 Å². The fourth-order valence-corrected chi connectivity index (χ4v) is 2.85. The van der Waals surface area contributed by atoms with E-state index in [4.69, 9.17) is 9.47 Å². The number of rotatable bonds is 4. The molecule has 2 N–H and O–H groups in total. The number of anilines is 1. The molecule has 1 aromatic heterocycles. The second-order valence-corrected chi connectivity index (χ2v) is 5.64. The van der Waals surface area contributed by atoms with E-state index >= 15 is 0 Å². The Morgan fingerprint density at radius 2 is 1.91 bits per heavy atom. The summed E-state index contributed by atoms with van der Waals surface area (Å²) < 4.78 is 10.4. The number of aromatic amines is 1.